The highest BCUT2D eigenvalue weighted by Gasteiger charge is 2.23. The fraction of sp³-hybridized carbons (Fsp3) is 0.571. The standard InChI is InChI=1S/C14H21NO2S/c1-11-14(7-9-16-11)18-10-4-8-17-13-6-3-2-5-12(13)15/h2-3,5-6,11,14H,4,7-10,15H2,1H3. The van der Waals surface area contributed by atoms with Gasteiger partial charge in [-0.15, -0.1) is 0 Å². The monoisotopic (exact) mass is 267 g/mol. The molecule has 0 aliphatic carbocycles. The quantitative estimate of drug-likeness (QED) is 0.636. The number of hydrogen-bond donors (Lipinski definition) is 1. The first-order valence-electron chi connectivity index (χ1n) is 6.48. The van der Waals surface area contributed by atoms with Gasteiger partial charge in [-0.05, 0) is 37.7 Å². The highest BCUT2D eigenvalue weighted by atomic mass is 32.2. The molecule has 100 valence electrons. The van der Waals surface area contributed by atoms with Gasteiger partial charge < -0.3 is 15.2 Å². The molecule has 0 spiro atoms. The van der Waals surface area contributed by atoms with Gasteiger partial charge in [0, 0.05) is 11.9 Å². The van der Waals surface area contributed by atoms with Crippen LogP contribution in [-0.2, 0) is 4.74 Å². The molecule has 1 aliphatic rings. The smallest absolute Gasteiger partial charge is 0.142 e. The van der Waals surface area contributed by atoms with Crippen molar-refractivity contribution in [2.24, 2.45) is 0 Å². The van der Waals surface area contributed by atoms with Crippen LogP contribution < -0.4 is 10.5 Å². The third-order valence-corrected chi connectivity index (χ3v) is 4.68. The number of benzene rings is 1. The number of anilines is 1. The van der Waals surface area contributed by atoms with Crippen LogP contribution in [0.5, 0.6) is 5.75 Å². The van der Waals surface area contributed by atoms with Gasteiger partial charge in [0.2, 0.25) is 0 Å². The Hall–Kier alpha value is -0.870. The molecule has 1 heterocycles. The maximum absolute atomic E-state index is 5.81. The Morgan fingerprint density at radius 2 is 2.28 bits per heavy atom. The molecule has 2 rings (SSSR count). The van der Waals surface area contributed by atoms with Crippen molar-refractivity contribution >= 4 is 17.4 Å². The van der Waals surface area contributed by atoms with Crippen molar-refractivity contribution in [3.05, 3.63) is 24.3 Å². The molecule has 0 bridgehead atoms. The maximum Gasteiger partial charge on any atom is 0.142 e. The summed E-state index contributed by atoms with van der Waals surface area (Å²) in [7, 11) is 0. The molecule has 1 aromatic carbocycles. The van der Waals surface area contributed by atoms with Gasteiger partial charge in [-0.25, -0.2) is 0 Å². The maximum atomic E-state index is 5.81. The summed E-state index contributed by atoms with van der Waals surface area (Å²) in [5.74, 6) is 1.91. The number of rotatable bonds is 6. The zero-order valence-corrected chi connectivity index (χ0v) is 11.6. The molecule has 1 aromatic rings. The van der Waals surface area contributed by atoms with E-state index in [1.54, 1.807) is 0 Å². The second kappa shape index (κ2) is 6.90. The molecular weight excluding hydrogens is 246 g/mol. The Labute approximate surface area is 113 Å². The molecular formula is C14H21NO2S. The van der Waals surface area contributed by atoms with Crippen molar-refractivity contribution in [1.29, 1.82) is 0 Å². The minimum Gasteiger partial charge on any atom is -0.491 e. The number of nitrogen functional groups attached to an aromatic ring is 1. The van der Waals surface area contributed by atoms with E-state index in [0.717, 1.165) is 31.1 Å². The van der Waals surface area contributed by atoms with Crippen molar-refractivity contribution in [2.45, 2.75) is 31.1 Å². The van der Waals surface area contributed by atoms with E-state index < -0.39 is 0 Å². The van der Waals surface area contributed by atoms with E-state index in [2.05, 4.69) is 6.92 Å². The number of ether oxygens (including phenoxy) is 2. The summed E-state index contributed by atoms with van der Waals surface area (Å²) >= 11 is 2.00. The van der Waals surface area contributed by atoms with Crippen LogP contribution in [0, 0.1) is 0 Å². The van der Waals surface area contributed by atoms with E-state index in [1.807, 2.05) is 36.0 Å². The normalized spacial score (nSPS) is 23.2. The van der Waals surface area contributed by atoms with E-state index in [-0.39, 0.29) is 0 Å². The minimum absolute atomic E-state index is 0.403. The zero-order chi connectivity index (χ0) is 12.8. The molecule has 0 amide bonds. The molecule has 1 saturated heterocycles. The number of para-hydroxylation sites is 2. The van der Waals surface area contributed by atoms with Crippen molar-refractivity contribution < 1.29 is 9.47 Å². The van der Waals surface area contributed by atoms with Gasteiger partial charge in [-0.2, -0.15) is 11.8 Å². The fourth-order valence-corrected chi connectivity index (χ4v) is 3.22. The Morgan fingerprint density at radius 1 is 1.44 bits per heavy atom. The average molecular weight is 267 g/mol. The van der Waals surface area contributed by atoms with E-state index in [0.29, 0.717) is 17.0 Å². The number of nitrogens with two attached hydrogens (primary N) is 1. The summed E-state index contributed by atoms with van der Waals surface area (Å²) in [6.07, 6.45) is 2.63. The topological polar surface area (TPSA) is 44.5 Å². The molecule has 2 N–H and O–H groups in total. The zero-order valence-electron chi connectivity index (χ0n) is 10.8. The van der Waals surface area contributed by atoms with Crippen LogP contribution in [0.15, 0.2) is 24.3 Å². The fourth-order valence-electron chi connectivity index (χ4n) is 2.02. The summed E-state index contributed by atoms with van der Waals surface area (Å²) < 4.78 is 11.2. The van der Waals surface area contributed by atoms with E-state index in [1.165, 1.54) is 6.42 Å². The molecule has 0 saturated carbocycles. The van der Waals surface area contributed by atoms with Crippen molar-refractivity contribution in [2.75, 3.05) is 24.7 Å². The van der Waals surface area contributed by atoms with Gasteiger partial charge >= 0.3 is 0 Å². The van der Waals surface area contributed by atoms with Crippen LogP contribution in [0.4, 0.5) is 5.69 Å². The van der Waals surface area contributed by atoms with E-state index in [4.69, 9.17) is 15.2 Å². The second-order valence-electron chi connectivity index (χ2n) is 4.51. The van der Waals surface area contributed by atoms with Gasteiger partial charge in [0.25, 0.3) is 0 Å². The molecule has 2 atom stereocenters. The Kier molecular flexibility index (Phi) is 5.20. The first kappa shape index (κ1) is 13.6. The van der Waals surface area contributed by atoms with Crippen LogP contribution in [0.2, 0.25) is 0 Å². The molecule has 0 aromatic heterocycles. The molecule has 4 heteroatoms. The number of hydrogen-bond acceptors (Lipinski definition) is 4. The van der Waals surface area contributed by atoms with Gasteiger partial charge in [-0.3, -0.25) is 0 Å². The van der Waals surface area contributed by atoms with Crippen LogP contribution in [0.3, 0.4) is 0 Å². The lowest BCUT2D eigenvalue weighted by molar-refractivity contribution is 0.127. The van der Waals surface area contributed by atoms with Crippen LogP contribution in [0.1, 0.15) is 19.8 Å². The van der Waals surface area contributed by atoms with Gasteiger partial charge in [-0.1, -0.05) is 12.1 Å². The predicted molar refractivity (Wildman–Crippen MR) is 77.2 cm³/mol. The van der Waals surface area contributed by atoms with Crippen molar-refractivity contribution in [1.82, 2.24) is 0 Å². The van der Waals surface area contributed by atoms with E-state index in [9.17, 15) is 0 Å². The molecule has 3 nitrogen and oxygen atoms in total. The molecule has 2 unspecified atom stereocenters. The molecule has 1 aliphatic heterocycles. The average Bonchev–Trinajstić information content (AvgIpc) is 2.77. The summed E-state index contributed by atoms with van der Waals surface area (Å²) in [5, 5.41) is 0.659. The van der Waals surface area contributed by atoms with Crippen molar-refractivity contribution in [3.8, 4) is 5.75 Å². The lowest BCUT2D eigenvalue weighted by Crippen LogP contribution is -2.14. The third kappa shape index (κ3) is 3.82. The largest absolute Gasteiger partial charge is 0.491 e. The molecule has 18 heavy (non-hydrogen) atoms. The van der Waals surface area contributed by atoms with Crippen LogP contribution in [-0.4, -0.2) is 30.3 Å². The highest BCUT2D eigenvalue weighted by Crippen LogP contribution is 2.26. The third-order valence-electron chi connectivity index (χ3n) is 3.10. The van der Waals surface area contributed by atoms with Crippen LogP contribution >= 0.6 is 11.8 Å². The number of thioether (sulfide) groups is 1. The molecule has 0 radical (unpaired) electrons. The minimum atomic E-state index is 0.403. The first-order valence-corrected chi connectivity index (χ1v) is 7.53. The summed E-state index contributed by atoms with van der Waals surface area (Å²) in [6, 6.07) is 7.63. The Morgan fingerprint density at radius 3 is 3.00 bits per heavy atom. The second-order valence-corrected chi connectivity index (χ2v) is 5.86. The molecule has 1 fully saturated rings. The Bertz CT molecular complexity index is 373. The van der Waals surface area contributed by atoms with Gasteiger partial charge in [0.05, 0.1) is 18.4 Å². The lowest BCUT2D eigenvalue weighted by Gasteiger charge is -2.13. The summed E-state index contributed by atoms with van der Waals surface area (Å²) in [5.41, 5.74) is 6.52. The first-order chi connectivity index (χ1) is 8.77. The van der Waals surface area contributed by atoms with Crippen LogP contribution in [0.25, 0.3) is 0 Å². The van der Waals surface area contributed by atoms with Crippen molar-refractivity contribution in [3.63, 3.8) is 0 Å². The van der Waals surface area contributed by atoms with E-state index >= 15 is 0 Å². The summed E-state index contributed by atoms with van der Waals surface area (Å²) in [4.78, 5) is 0. The predicted octanol–water partition coefficient (Wildman–Crippen LogP) is 2.95. The lowest BCUT2D eigenvalue weighted by atomic mass is 10.3. The summed E-state index contributed by atoms with van der Waals surface area (Å²) in [6.45, 7) is 3.80. The van der Waals surface area contributed by atoms with Gasteiger partial charge in [0.1, 0.15) is 5.75 Å². The Balaban J connectivity index is 1.60. The highest BCUT2D eigenvalue weighted by molar-refractivity contribution is 7.99. The van der Waals surface area contributed by atoms with Gasteiger partial charge in [0.15, 0.2) is 0 Å². The SMILES string of the molecule is CC1OCCC1SCCCOc1ccccc1N.